The van der Waals surface area contributed by atoms with E-state index in [1.165, 1.54) is 53.6 Å². The number of halogens is 1. The van der Waals surface area contributed by atoms with E-state index < -0.39 is 0 Å². The van der Waals surface area contributed by atoms with Crippen LogP contribution in [0.2, 0.25) is 0 Å². The number of nitrogens with one attached hydrogen (secondary N) is 1. The van der Waals surface area contributed by atoms with Crippen molar-refractivity contribution in [2.45, 2.75) is 64.0 Å². The molecule has 1 heterocycles. The van der Waals surface area contributed by atoms with E-state index in [0.717, 1.165) is 6.04 Å². The Labute approximate surface area is 117 Å². The van der Waals surface area contributed by atoms with Crippen LogP contribution in [0.5, 0.6) is 0 Å². The molecule has 1 aliphatic rings. The topological polar surface area (TPSA) is 12.0 Å². The van der Waals surface area contributed by atoms with Gasteiger partial charge in [-0.05, 0) is 47.8 Å². The van der Waals surface area contributed by atoms with Crippen LogP contribution >= 0.6 is 27.3 Å². The molecule has 1 nitrogen and oxygen atoms in total. The van der Waals surface area contributed by atoms with E-state index in [0.29, 0.717) is 6.04 Å². The van der Waals surface area contributed by atoms with Gasteiger partial charge in [0.25, 0.3) is 0 Å². The molecule has 0 amide bonds. The second-order valence-electron chi connectivity index (χ2n) is 5.07. The molecule has 1 unspecified atom stereocenters. The van der Waals surface area contributed by atoms with Crippen molar-refractivity contribution in [2.75, 3.05) is 0 Å². The number of rotatable bonds is 3. The number of hydrogen-bond donors (Lipinski definition) is 1. The molecule has 17 heavy (non-hydrogen) atoms. The average molecular weight is 316 g/mol. The summed E-state index contributed by atoms with van der Waals surface area (Å²) in [6, 6.07) is 5.60. The normalized spacial score (nSPS) is 20.8. The number of hydrogen-bond acceptors (Lipinski definition) is 2. The van der Waals surface area contributed by atoms with Crippen LogP contribution < -0.4 is 5.32 Å². The van der Waals surface area contributed by atoms with Crippen LogP contribution in [0.4, 0.5) is 0 Å². The first-order valence-electron chi connectivity index (χ1n) is 6.77. The minimum Gasteiger partial charge on any atom is -0.307 e. The molecule has 2 rings (SSSR count). The molecule has 1 saturated carbocycles. The van der Waals surface area contributed by atoms with E-state index in [1.54, 1.807) is 0 Å². The molecule has 0 saturated heterocycles. The predicted molar refractivity (Wildman–Crippen MR) is 79.7 cm³/mol. The van der Waals surface area contributed by atoms with E-state index in [4.69, 9.17) is 0 Å². The SMILES string of the molecule is CC(NC1CCCCCCC1)c1ccc(Br)s1. The second kappa shape index (κ2) is 6.91. The molecule has 0 radical (unpaired) electrons. The summed E-state index contributed by atoms with van der Waals surface area (Å²) in [5, 5.41) is 3.81. The van der Waals surface area contributed by atoms with E-state index in [1.807, 2.05) is 11.3 Å². The largest absolute Gasteiger partial charge is 0.307 e. The van der Waals surface area contributed by atoms with Crippen LogP contribution in [0, 0.1) is 0 Å². The summed E-state index contributed by atoms with van der Waals surface area (Å²) in [5.41, 5.74) is 0. The lowest BCUT2D eigenvalue weighted by molar-refractivity contribution is 0.364. The van der Waals surface area contributed by atoms with E-state index >= 15 is 0 Å². The van der Waals surface area contributed by atoms with E-state index in [9.17, 15) is 0 Å². The highest BCUT2D eigenvalue weighted by atomic mass is 79.9. The number of thiophene rings is 1. The highest BCUT2D eigenvalue weighted by molar-refractivity contribution is 9.11. The lowest BCUT2D eigenvalue weighted by atomic mass is 9.96. The molecule has 1 fully saturated rings. The van der Waals surface area contributed by atoms with Crippen LogP contribution in [-0.4, -0.2) is 6.04 Å². The zero-order valence-electron chi connectivity index (χ0n) is 10.5. The molecule has 0 aliphatic heterocycles. The molecule has 0 bridgehead atoms. The third kappa shape index (κ3) is 4.38. The lowest BCUT2D eigenvalue weighted by Crippen LogP contribution is -2.31. The predicted octanol–water partition coefficient (Wildman–Crippen LogP) is 5.27. The first kappa shape index (κ1) is 13.6. The summed E-state index contributed by atoms with van der Waals surface area (Å²) in [4.78, 5) is 1.44. The second-order valence-corrected chi connectivity index (χ2v) is 7.57. The zero-order valence-corrected chi connectivity index (χ0v) is 12.9. The fraction of sp³-hybridized carbons (Fsp3) is 0.714. The monoisotopic (exact) mass is 315 g/mol. The molecule has 0 aromatic carbocycles. The van der Waals surface area contributed by atoms with Gasteiger partial charge < -0.3 is 5.32 Å². The zero-order chi connectivity index (χ0) is 12.1. The lowest BCUT2D eigenvalue weighted by Gasteiger charge is -2.24. The Balaban J connectivity index is 1.85. The first-order valence-corrected chi connectivity index (χ1v) is 8.38. The minimum atomic E-state index is 0.496. The van der Waals surface area contributed by atoms with E-state index in [-0.39, 0.29) is 0 Å². The van der Waals surface area contributed by atoms with Gasteiger partial charge in [-0.3, -0.25) is 0 Å². The van der Waals surface area contributed by atoms with Crippen molar-refractivity contribution in [2.24, 2.45) is 0 Å². The Hall–Kier alpha value is 0.140. The van der Waals surface area contributed by atoms with Gasteiger partial charge in [-0.1, -0.05) is 32.1 Å². The van der Waals surface area contributed by atoms with Crippen molar-refractivity contribution in [1.82, 2.24) is 5.32 Å². The van der Waals surface area contributed by atoms with Gasteiger partial charge in [0.05, 0.1) is 3.79 Å². The summed E-state index contributed by atoms with van der Waals surface area (Å²) in [5.74, 6) is 0. The standard InChI is InChI=1S/C14H22BrNS/c1-11(13-9-10-14(15)17-13)16-12-7-5-3-2-4-6-8-12/h9-12,16H,2-8H2,1H3. The molecule has 1 aromatic rings. The summed E-state index contributed by atoms with van der Waals surface area (Å²) in [7, 11) is 0. The smallest absolute Gasteiger partial charge is 0.0701 e. The Morgan fingerprint density at radius 2 is 1.82 bits per heavy atom. The summed E-state index contributed by atoms with van der Waals surface area (Å²) in [6.07, 6.45) is 9.82. The molecule has 0 spiro atoms. The summed E-state index contributed by atoms with van der Waals surface area (Å²) in [6.45, 7) is 2.29. The Kier molecular flexibility index (Phi) is 5.51. The average Bonchev–Trinajstić information content (AvgIpc) is 2.68. The van der Waals surface area contributed by atoms with Crippen LogP contribution in [0.1, 0.15) is 62.8 Å². The van der Waals surface area contributed by atoms with Crippen LogP contribution in [0.15, 0.2) is 15.9 Å². The Morgan fingerprint density at radius 1 is 1.18 bits per heavy atom. The van der Waals surface area contributed by atoms with Gasteiger partial charge >= 0.3 is 0 Å². The van der Waals surface area contributed by atoms with Crippen molar-refractivity contribution in [3.8, 4) is 0 Å². The molecule has 1 atom stereocenters. The maximum atomic E-state index is 3.81. The maximum Gasteiger partial charge on any atom is 0.0701 e. The Bertz CT molecular complexity index is 329. The molecule has 3 heteroatoms. The van der Waals surface area contributed by atoms with Crippen molar-refractivity contribution < 1.29 is 0 Å². The third-order valence-electron chi connectivity index (χ3n) is 3.61. The summed E-state index contributed by atoms with van der Waals surface area (Å²) < 4.78 is 1.24. The van der Waals surface area contributed by atoms with Gasteiger partial charge in [0.2, 0.25) is 0 Å². The fourth-order valence-corrected chi connectivity index (χ4v) is 4.05. The molecular weight excluding hydrogens is 294 g/mol. The van der Waals surface area contributed by atoms with E-state index in [2.05, 4.69) is 40.3 Å². The van der Waals surface area contributed by atoms with Crippen LogP contribution in [-0.2, 0) is 0 Å². The quantitative estimate of drug-likeness (QED) is 0.800. The van der Waals surface area contributed by atoms with Crippen LogP contribution in [0.25, 0.3) is 0 Å². The van der Waals surface area contributed by atoms with Gasteiger partial charge in [0.1, 0.15) is 0 Å². The van der Waals surface area contributed by atoms with Crippen molar-refractivity contribution >= 4 is 27.3 Å². The molecule has 1 N–H and O–H groups in total. The van der Waals surface area contributed by atoms with Crippen molar-refractivity contribution in [3.05, 3.63) is 20.8 Å². The van der Waals surface area contributed by atoms with Gasteiger partial charge in [-0.15, -0.1) is 11.3 Å². The van der Waals surface area contributed by atoms with Crippen molar-refractivity contribution in [1.29, 1.82) is 0 Å². The maximum absolute atomic E-state index is 3.81. The third-order valence-corrected chi connectivity index (χ3v) is 5.42. The van der Waals surface area contributed by atoms with Gasteiger partial charge in [-0.2, -0.15) is 0 Å². The van der Waals surface area contributed by atoms with Gasteiger partial charge in [-0.25, -0.2) is 0 Å². The van der Waals surface area contributed by atoms with Crippen molar-refractivity contribution in [3.63, 3.8) is 0 Å². The van der Waals surface area contributed by atoms with Gasteiger partial charge in [0.15, 0.2) is 0 Å². The summed E-state index contributed by atoms with van der Waals surface area (Å²) >= 11 is 5.39. The van der Waals surface area contributed by atoms with Gasteiger partial charge in [0, 0.05) is 17.0 Å². The highest BCUT2D eigenvalue weighted by Crippen LogP contribution is 2.28. The minimum absolute atomic E-state index is 0.496. The first-order chi connectivity index (χ1) is 8.25. The Morgan fingerprint density at radius 3 is 2.41 bits per heavy atom. The van der Waals surface area contributed by atoms with Crippen LogP contribution in [0.3, 0.4) is 0 Å². The fourth-order valence-electron chi connectivity index (χ4n) is 2.62. The molecule has 1 aromatic heterocycles. The molecular formula is C14H22BrNS. The molecule has 1 aliphatic carbocycles. The molecule has 96 valence electrons. The highest BCUT2D eigenvalue weighted by Gasteiger charge is 2.15.